The lowest BCUT2D eigenvalue weighted by atomic mass is 10.3. The first-order valence-corrected chi connectivity index (χ1v) is 8.33. The second kappa shape index (κ2) is 7.62. The highest BCUT2D eigenvalue weighted by atomic mass is 31.2. The fourth-order valence-electron chi connectivity index (χ4n) is 1.71. The predicted molar refractivity (Wildman–Crippen MR) is 74.0 cm³/mol. The summed E-state index contributed by atoms with van der Waals surface area (Å²) < 4.78 is 33.1. The lowest BCUT2D eigenvalue weighted by Gasteiger charge is -2.16. The number of furan rings is 1. The monoisotopic (exact) mass is 304 g/mol. The van der Waals surface area contributed by atoms with E-state index in [1.165, 1.54) is 6.07 Å². The van der Waals surface area contributed by atoms with E-state index in [2.05, 4.69) is 0 Å². The van der Waals surface area contributed by atoms with E-state index in [1.807, 2.05) is 0 Å². The van der Waals surface area contributed by atoms with Crippen LogP contribution < -0.4 is 0 Å². The highest BCUT2D eigenvalue weighted by Gasteiger charge is 2.27. The second-order valence-electron chi connectivity index (χ2n) is 4.02. The quantitative estimate of drug-likeness (QED) is 0.540. The summed E-state index contributed by atoms with van der Waals surface area (Å²) in [6.07, 6.45) is 0.0728. The highest BCUT2D eigenvalue weighted by Crippen LogP contribution is 2.51. The molecule has 0 N–H and O–H groups in total. The maximum atomic E-state index is 12.4. The molecule has 0 radical (unpaired) electrons. The van der Waals surface area contributed by atoms with Crippen LogP contribution in [0.25, 0.3) is 0 Å². The average Bonchev–Trinajstić information content (AvgIpc) is 2.71. The van der Waals surface area contributed by atoms with Crippen LogP contribution in [0.15, 0.2) is 10.5 Å². The molecule has 1 aromatic rings. The molecule has 7 heteroatoms. The summed E-state index contributed by atoms with van der Waals surface area (Å²) in [7, 11) is -3.21. The van der Waals surface area contributed by atoms with Gasteiger partial charge in [0.05, 0.1) is 26.0 Å². The standard InChI is InChI=1S/C13H21O6P/c1-5-16-13(14)12-8-11(10(4)19-12)9-20(15,17-6-2)18-7-3/h8H,5-7,9H2,1-4H3. The molecular weight excluding hydrogens is 283 g/mol. The first-order valence-electron chi connectivity index (χ1n) is 6.60. The molecule has 0 saturated carbocycles. The van der Waals surface area contributed by atoms with Gasteiger partial charge in [-0.2, -0.15) is 0 Å². The van der Waals surface area contributed by atoms with Crippen molar-refractivity contribution in [2.45, 2.75) is 33.9 Å². The molecule has 0 aliphatic carbocycles. The molecule has 0 unspecified atom stereocenters. The zero-order chi connectivity index (χ0) is 15.2. The van der Waals surface area contributed by atoms with Gasteiger partial charge in [-0.1, -0.05) is 0 Å². The van der Waals surface area contributed by atoms with Gasteiger partial charge in [-0.25, -0.2) is 4.79 Å². The Balaban J connectivity index is 2.91. The van der Waals surface area contributed by atoms with E-state index in [9.17, 15) is 9.36 Å². The first kappa shape index (κ1) is 17.0. The number of aryl methyl sites for hydroxylation is 1. The van der Waals surface area contributed by atoms with Gasteiger partial charge in [0.1, 0.15) is 5.76 Å². The molecule has 0 aliphatic rings. The van der Waals surface area contributed by atoms with Gasteiger partial charge in [-0.3, -0.25) is 4.57 Å². The number of carbonyl (C=O) groups excluding carboxylic acids is 1. The van der Waals surface area contributed by atoms with Gasteiger partial charge in [-0.05, 0) is 33.8 Å². The van der Waals surface area contributed by atoms with Gasteiger partial charge in [0, 0.05) is 5.56 Å². The largest absolute Gasteiger partial charge is 0.460 e. The summed E-state index contributed by atoms with van der Waals surface area (Å²) in [5, 5.41) is 0. The molecule has 0 amide bonds. The number of carbonyl (C=O) groups is 1. The third-order valence-electron chi connectivity index (χ3n) is 2.51. The van der Waals surface area contributed by atoms with Crippen LogP contribution in [0.4, 0.5) is 0 Å². The van der Waals surface area contributed by atoms with Crippen LogP contribution in [0.2, 0.25) is 0 Å². The summed E-state index contributed by atoms with van der Waals surface area (Å²) >= 11 is 0. The minimum atomic E-state index is -3.21. The molecule has 20 heavy (non-hydrogen) atoms. The summed E-state index contributed by atoms with van der Waals surface area (Å²) in [6.45, 7) is 7.76. The maximum absolute atomic E-state index is 12.4. The van der Waals surface area contributed by atoms with Gasteiger partial charge >= 0.3 is 13.6 Å². The highest BCUT2D eigenvalue weighted by molar-refractivity contribution is 7.53. The molecule has 1 aromatic heterocycles. The van der Waals surface area contributed by atoms with E-state index in [0.29, 0.717) is 24.5 Å². The number of hydrogen-bond donors (Lipinski definition) is 0. The first-order chi connectivity index (χ1) is 9.45. The number of ether oxygens (including phenoxy) is 1. The molecule has 0 aliphatic heterocycles. The maximum Gasteiger partial charge on any atom is 0.374 e. The SMILES string of the molecule is CCOC(=O)c1cc(CP(=O)(OCC)OCC)c(C)o1. The minimum Gasteiger partial charge on any atom is -0.460 e. The van der Waals surface area contributed by atoms with Gasteiger partial charge in [0.15, 0.2) is 0 Å². The van der Waals surface area contributed by atoms with Crippen LogP contribution in [-0.2, 0) is 24.5 Å². The van der Waals surface area contributed by atoms with Gasteiger partial charge < -0.3 is 18.2 Å². The number of hydrogen-bond acceptors (Lipinski definition) is 6. The molecule has 0 saturated heterocycles. The van der Waals surface area contributed by atoms with Crippen LogP contribution in [0.5, 0.6) is 0 Å². The van der Waals surface area contributed by atoms with Crippen LogP contribution in [0, 0.1) is 6.92 Å². The van der Waals surface area contributed by atoms with Crippen LogP contribution in [-0.4, -0.2) is 25.8 Å². The smallest absolute Gasteiger partial charge is 0.374 e. The molecular formula is C13H21O6P. The third kappa shape index (κ3) is 4.47. The molecule has 1 rings (SSSR count). The Kier molecular flexibility index (Phi) is 6.46. The summed E-state index contributed by atoms with van der Waals surface area (Å²) in [6, 6.07) is 1.53. The van der Waals surface area contributed by atoms with E-state index >= 15 is 0 Å². The zero-order valence-corrected chi connectivity index (χ0v) is 13.2. The fourth-order valence-corrected chi connectivity index (χ4v) is 3.49. The van der Waals surface area contributed by atoms with Crippen molar-refractivity contribution in [3.05, 3.63) is 23.2 Å². The molecule has 0 aromatic carbocycles. The van der Waals surface area contributed by atoms with E-state index in [-0.39, 0.29) is 18.5 Å². The van der Waals surface area contributed by atoms with Crippen molar-refractivity contribution >= 4 is 13.6 Å². The Bertz CT molecular complexity index is 483. The van der Waals surface area contributed by atoms with E-state index in [4.69, 9.17) is 18.2 Å². The Labute approximate surface area is 118 Å². The molecule has 0 atom stereocenters. The molecule has 1 heterocycles. The van der Waals surface area contributed by atoms with Crippen LogP contribution in [0.3, 0.4) is 0 Å². The van der Waals surface area contributed by atoms with E-state index in [1.54, 1.807) is 27.7 Å². The van der Waals surface area contributed by atoms with Gasteiger partial charge in [0.25, 0.3) is 0 Å². The van der Waals surface area contributed by atoms with Crippen molar-refractivity contribution < 1.29 is 27.6 Å². The number of esters is 1. The fraction of sp³-hybridized carbons (Fsp3) is 0.615. The Morgan fingerprint density at radius 3 is 2.30 bits per heavy atom. The summed E-state index contributed by atoms with van der Waals surface area (Å²) in [5.41, 5.74) is 0.623. The van der Waals surface area contributed by atoms with Crippen molar-refractivity contribution in [3.63, 3.8) is 0 Å². The zero-order valence-electron chi connectivity index (χ0n) is 12.3. The second-order valence-corrected chi connectivity index (χ2v) is 6.07. The molecule has 114 valence electrons. The Morgan fingerprint density at radius 2 is 1.80 bits per heavy atom. The van der Waals surface area contributed by atoms with Crippen molar-refractivity contribution in [1.29, 1.82) is 0 Å². The Hall–Kier alpha value is -1.10. The lowest BCUT2D eigenvalue weighted by Crippen LogP contribution is -2.02. The minimum absolute atomic E-state index is 0.0728. The lowest BCUT2D eigenvalue weighted by molar-refractivity contribution is 0.0488. The molecule has 0 spiro atoms. The topological polar surface area (TPSA) is 75.0 Å². The summed E-state index contributed by atoms with van der Waals surface area (Å²) in [4.78, 5) is 11.6. The van der Waals surface area contributed by atoms with Gasteiger partial charge in [-0.15, -0.1) is 0 Å². The normalized spacial score (nSPS) is 11.6. The molecule has 0 bridgehead atoms. The van der Waals surface area contributed by atoms with E-state index in [0.717, 1.165) is 0 Å². The van der Waals surface area contributed by atoms with Crippen LogP contribution in [0.1, 0.15) is 42.6 Å². The van der Waals surface area contributed by atoms with Crippen LogP contribution >= 0.6 is 7.60 Å². The van der Waals surface area contributed by atoms with Crippen molar-refractivity contribution in [1.82, 2.24) is 0 Å². The average molecular weight is 304 g/mol. The molecule has 6 nitrogen and oxygen atoms in total. The van der Waals surface area contributed by atoms with E-state index < -0.39 is 13.6 Å². The third-order valence-corrected chi connectivity index (χ3v) is 4.54. The number of rotatable bonds is 8. The van der Waals surface area contributed by atoms with Crippen molar-refractivity contribution in [2.24, 2.45) is 0 Å². The Morgan fingerprint density at radius 1 is 1.20 bits per heavy atom. The predicted octanol–water partition coefficient (Wildman–Crippen LogP) is 3.53. The van der Waals surface area contributed by atoms with Crippen molar-refractivity contribution in [2.75, 3.05) is 19.8 Å². The molecule has 0 fully saturated rings. The van der Waals surface area contributed by atoms with Gasteiger partial charge in [0.2, 0.25) is 5.76 Å². The van der Waals surface area contributed by atoms with Crippen molar-refractivity contribution in [3.8, 4) is 0 Å². The summed E-state index contributed by atoms with van der Waals surface area (Å²) in [5.74, 6) is 0.0658.